The molecule has 0 aromatic rings. The van der Waals surface area contributed by atoms with Crippen molar-refractivity contribution in [1.29, 1.82) is 0 Å². The van der Waals surface area contributed by atoms with Crippen LogP contribution in [0.25, 0.3) is 0 Å². The van der Waals surface area contributed by atoms with E-state index in [1.807, 2.05) is 0 Å². The maximum absolute atomic E-state index is 6.26. The highest BCUT2D eigenvalue weighted by atomic mass is 28.4. The summed E-state index contributed by atoms with van der Waals surface area (Å²) < 4.78 is 26.3. The Kier molecular flexibility index (Phi) is 8.72. The molecule has 1 heterocycles. The summed E-state index contributed by atoms with van der Waals surface area (Å²) in [5.74, 6) is 0. The Labute approximate surface area is 138 Å². The second-order valence-electron chi connectivity index (χ2n) is 5.91. The molecule has 0 amide bonds. The fraction of sp³-hybridized carbons (Fsp3) is 1.00. The van der Waals surface area contributed by atoms with Crippen molar-refractivity contribution in [2.45, 2.75) is 32.5 Å². The van der Waals surface area contributed by atoms with Crippen LogP contribution in [0, 0.1) is 0 Å². The Morgan fingerprint density at radius 1 is 0.864 bits per heavy atom. The van der Waals surface area contributed by atoms with Gasteiger partial charge in [0.1, 0.15) is 0 Å². The fourth-order valence-electron chi connectivity index (χ4n) is 2.80. The average Bonchev–Trinajstić information content (AvgIpc) is 2.53. The standard InChI is InChI=1S/C14H34N2O4Si2/c1-7-19-22(20-8-2,14-13-21(6,17-4)18-5)16-11-9-15(3)10-12-16/h7-14H2,1-6H3. The van der Waals surface area contributed by atoms with Crippen LogP contribution < -0.4 is 0 Å². The molecule has 8 heteroatoms. The van der Waals surface area contributed by atoms with E-state index in [1.165, 1.54) is 0 Å². The molecule has 1 rings (SSSR count). The van der Waals surface area contributed by atoms with Gasteiger partial charge in [-0.1, -0.05) is 0 Å². The van der Waals surface area contributed by atoms with Crippen molar-refractivity contribution in [2.75, 3.05) is 60.7 Å². The summed E-state index contributed by atoms with van der Waals surface area (Å²) in [5.41, 5.74) is 0. The SMILES string of the molecule is CCO[Si](CC[Si](C)(OC)OC)(OCC)N1CCN(C)CC1. The Balaban J connectivity index is 2.84. The number of rotatable bonds is 10. The van der Waals surface area contributed by atoms with E-state index in [0.29, 0.717) is 13.2 Å². The number of nitrogens with zero attached hydrogens (tertiary/aromatic N) is 2. The van der Waals surface area contributed by atoms with Gasteiger partial charge in [-0.25, -0.2) is 0 Å². The Hall–Kier alpha value is 0.194. The topological polar surface area (TPSA) is 43.4 Å². The van der Waals surface area contributed by atoms with E-state index in [9.17, 15) is 0 Å². The van der Waals surface area contributed by atoms with Gasteiger partial charge < -0.3 is 22.6 Å². The van der Waals surface area contributed by atoms with Crippen molar-refractivity contribution in [3.05, 3.63) is 0 Å². The predicted molar refractivity (Wildman–Crippen MR) is 93.3 cm³/mol. The summed E-state index contributed by atoms with van der Waals surface area (Å²) in [6, 6.07) is 1.81. The van der Waals surface area contributed by atoms with Gasteiger partial charge in [-0.3, -0.25) is 4.57 Å². The van der Waals surface area contributed by atoms with Crippen LogP contribution >= 0.6 is 0 Å². The maximum atomic E-state index is 6.26. The van der Waals surface area contributed by atoms with Crippen LogP contribution in [0.15, 0.2) is 0 Å². The Morgan fingerprint density at radius 2 is 1.36 bits per heavy atom. The number of hydrogen-bond donors (Lipinski definition) is 0. The molecule has 0 saturated carbocycles. The van der Waals surface area contributed by atoms with Crippen molar-refractivity contribution >= 4 is 17.3 Å². The monoisotopic (exact) mass is 350 g/mol. The smallest absolute Gasteiger partial charge is 0.398 e. The van der Waals surface area contributed by atoms with E-state index in [-0.39, 0.29) is 0 Å². The summed E-state index contributed by atoms with van der Waals surface area (Å²) >= 11 is 0. The molecule has 1 fully saturated rings. The second kappa shape index (κ2) is 9.48. The molecule has 0 aromatic heterocycles. The van der Waals surface area contributed by atoms with Gasteiger partial charge in [0.25, 0.3) is 0 Å². The van der Waals surface area contributed by atoms with Crippen LogP contribution in [0.4, 0.5) is 0 Å². The molecule has 132 valence electrons. The van der Waals surface area contributed by atoms with Crippen molar-refractivity contribution in [3.63, 3.8) is 0 Å². The normalized spacial score (nSPS) is 18.8. The summed E-state index contributed by atoms with van der Waals surface area (Å²) in [6.07, 6.45) is 0. The molecule has 0 aromatic carbocycles. The summed E-state index contributed by atoms with van der Waals surface area (Å²) in [6.45, 7) is 11.8. The van der Waals surface area contributed by atoms with E-state index in [4.69, 9.17) is 17.7 Å². The van der Waals surface area contributed by atoms with E-state index in [2.05, 4.69) is 36.9 Å². The van der Waals surface area contributed by atoms with Gasteiger partial charge in [0.15, 0.2) is 0 Å². The van der Waals surface area contributed by atoms with E-state index in [1.54, 1.807) is 14.2 Å². The first kappa shape index (κ1) is 20.2. The second-order valence-corrected chi connectivity index (χ2v) is 12.6. The van der Waals surface area contributed by atoms with Gasteiger partial charge in [-0.05, 0) is 33.5 Å². The predicted octanol–water partition coefficient (Wildman–Crippen LogP) is 1.61. The highest BCUT2D eigenvalue weighted by Crippen LogP contribution is 2.27. The van der Waals surface area contributed by atoms with Crippen LogP contribution in [-0.4, -0.2) is 87.4 Å². The van der Waals surface area contributed by atoms with Gasteiger partial charge in [0.2, 0.25) is 0 Å². The molecule has 0 radical (unpaired) electrons. The van der Waals surface area contributed by atoms with Gasteiger partial charge >= 0.3 is 17.3 Å². The van der Waals surface area contributed by atoms with Crippen LogP contribution in [-0.2, 0) is 17.7 Å². The van der Waals surface area contributed by atoms with Gasteiger partial charge in [-0.15, -0.1) is 0 Å². The molecular weight excluding hydrogens is 316 g/mol. The minimum absolute atomic E-state index is 0.691. The summed E-state index contributed by atoms with van der Waals surface area (Å²) in [7, 11) is 1.17. The molecule has 0 atom stereocenters. The molecule has 6 nitrogen and oxygen atoms in total. The van der Waals surface area contributed by atoms with Crippen molar-refractivity contribution in [1.82, 2.24) is 9.47 Å². The number of hydrogen-bond acceptors (Lipinski definition) is 6. The molecular formula is C14H34N2O4Si2. The minimum Gasteiger partial charge on any atom is -0.398 e. The lowest BCUT2D eigenvalue weighted by Gasteiger charge is -2.44. The number of likely N-dealkylation sites (N-methyl/N-ethyl adjacent to an activating group) is 1. The first-order valence-electron chi connectivity index (χ1n) is 8.27. The largest absolute Gasteiger partial charge is 0.427 e. The van der Waals surface area contributed by atoms with Crippen molar-refractivity contribution in [2.24, 2.45) is 0 Å². The van der Waals surface area contributed by atoms with Crippen LogP contribution in [0.2, 0.25) is 18.6 Å². The molecule has 1 saturated heterocycles. The molecule has 1 aliphatic rings. The van der Waals surface area contributed by atoms with Crippen molar-refractivity contribution < 1.29 is 17.7 Å². The van der Waals surface area contributed by atoms with Crippen LogP contribution in [0.1, 0.15) is 13.8 Å². The molecule has 22 heavy (non-hydrogen) atoms. The Bertz CT molecular complexity index is 305. The molecule has 0 bridgehead atoms. The first-order chi connectivity index (χ1) is 10.4. The maximum Gasteiger partial charge on any atom is 0.427 e. The lowest BCUT2D eigenvalue weighted by molar-refractivity contribution is 0.0940. The van der Waals surface area contributed by atoms with Gasteiger partial charge in [-0.2, -0.15) is 0 Å². The van der Waals surface area contributed by atoms with Crippen LogP contribution in [0.5, 0.6) is 0 Å². The third-order valence-corrected chi connectivity index (χ3v) is 11.6. The van der Waals surface area contributed by atoms with Crippen LogP contribution in [0.3, 0.4) is 0 Å². The first-order valence-corrected chi connectivity index (χ1v) is 12.8. The van der Waals surface area contributed by atoms with Gasteiger partial charge in [0.05, 0.1) is 0 Å². The van der Waals surface area contributed by atoms with Gasteiger partial charge in [0, 0.05) is 59.7 Å². The quantitative estimate of drug-likeness (QED) is 0.558. The molecule has 0 spiro atoms. The Morgan fingerprint density at radius 3 is 1.77 bits per heavy atom. The lowest BCUT2D eigenvalue weighted by Crippen LogP contribution is -2.64. The molecule has 0 N–H and O–H groups in total. The third-order valence-electron chi connectivity index (χ3n) is 4.48. The summed E-state index contributed by atoms with van der Waals surface area (Å²) in [4.78, 5) is 2.36. The highest BCUT2D eigenvalue weighted by Gasteiger charge is 2.47. The third kappa shape index (κ3) is 5.38. The van der Waals surface area contributed by atoms with E-state index < -0.39 is 17.3 Å². The zero-order valence-electron chi connectivity index (χ0n) is 15.2. The highest BCUT2D eigenvalue weighted by molar-refractivity contribution is 6.71. The fourth-order valence-corrected chi connectivity index (χ4v) is 9.29. The molecule has 1 aliphatic heterocycles. The number of piperazine rings is 1. The van der Waals surface area contributed by atoms with E-state index >= 15 is 0 Å². The summed E-state index contributed by atoms with van der Waals surface area (Å²) in [5, 5.41) is 0. The van der Waals surface area contributed by atoms with Crippen molar-refractivity contribution in [3.8, 4) is 0 Å². The zero-order chi connectivity index (χ0) is 16.6. The minimum atomic E-state index is -2.39. The molecule has 0 aliphatic carbocycles. The van der Waals surface area contributed by atoms with E-state index in [0.717, 1.165) is 38.3 Å². The molecule has 0 unspecified atom stereocenters. The zero-order valence-corrected chi connectivity index (χ0v) is 17.2. The lowest BCUT2D eigenvalue weighted by atomic mass is 10.4. The average molecular weight is 351 g/mol.